The molecule has 3 N–H and O–H groups in total. The van der Waals surface area contributed by atoms with Gasteiger partial charge in [-0.25, -0.2) is 4.99 Å². The van der Waals surface area contributed by atoms with Crippen molar-refractivity contribution in [3.8, 4) is 0 Å². The van der Waals surface area contributed by atoms with Gasteiger partial charge >= 0.3 is 0 Å². The normalized spacial score (nSPS) is 10.7. The van der Waals surface area contributed by atoms with E-state index in [-0.39, 0.29) is 0 Å². The van der Waals surface area contributed by atoms with Gasteiger partial charge < -0.3 is 10.5 Å². The van der Waals surface area contributed by atoms with Crippen LogP contribution in [0.5, 0.6) is 0 Å². The molecule has 0 amide bonds. The lowest BCUT2D eigenvalue weighted by Crippen LogP contribution is -2.18. The van der Waals surface area contributed by atoms with Gasteiger partial charge in [0.15, 0.2) is 0 Å². The van der Waals surface area contributed by atoms with Crippen LogP contribution in [0, 0.1) is 5.41 Å². The first kappa shape index (κ1) is 22.2. The number of carbonyl (C=O) groups excluding carboxylic acids is 1. The third-order valence-corrected chi connectivity index (χ3v) is 4.36. The molecule has 29 heavy (non-hydrogen) atoms. The Hall–Kier alpha value is -3.09. The van der Waals surface area contributed by atoms with E-state index >= 15 is 0 Å². The van der Waals surface area contributed by atoms with Crippen molar-refractivity contribution in [3.63, 3.8) is 0 Å². The fraction of sp³-hybridized carbons (Fsp3) is 0.0870. The highest BCUT2D eigenvalue weighted by molar-refractivity contribution is 9.10. The lowest BCUT2D eigenvalue weighted by Gasteiger charge is -2.11. The van der Waals surface area contributed by atoms with Crippen molar-refractivity contribution in [1.29, 1.82) is 5.41 Å². The molecular formula is C23H22BrN3O2. The number of halogens is 1. The Morgan fingerprint density at radius 3 is 2.21 bits per heavy atom. The van der Waals surface area contributed by atoms with Crippen LogP contribution in [0.1, 0.15) is 27.0 Å². The number of nitrogens with two attached hydrogens (primary N) is 1. The Morgan fingerprint density at radius 1 is 1.00 bits per heavy atom. The number of ether oxygens (including phenoxy) is 1. The number of aliphatic imine (C=N–C) groups is 1. The largest absolute Gasteiger partial charge is 0.388 e. The maximum atomic E-state index is 10.8. The molecule has 0 saturated carbocycles. The van der Waals surface area contributed by atoms with Crippen molar-refractivity contribution in [2.45, 2.75) is 0 Å². The van der Waals surface area contributed by atoms with Crippen molar-refractivity contribution in [1.82, 2.24) is 0 Å². The minimum absolute atomic E-state index is 0.324. The van der Waals surface area contributed by atoms with Gasteiger partial charge in [-0.15, -0.1) is 0 Å². The van der Waals surface area contributed by atoms with Gasteiger partial charge in [-0.3, -0.25) is 10.2 Å². The first-order chi connectivity index (χ1) is 14.0. The van der Waals surface area contributed by atoms with Gasteiger partial charge in [0.05, 0.1) is 11.4 Å². The Morgan fingerprint density at radius 2 is 1.62 bits per heavy atom. The molecule has 5 nitrogen and oxygen atoms in total. The molecule has 3 aromatic rings. The maximum Gasteiger partial charge on any atom is 0.150 e. The van der Waals surface area contributed by atoms with Gasteiger partial charge in [0.2, 0.25) is 0 Å². The first-order valence-electron chi connectivity index (χ1n) is 8.74. The summed E-state index contributed by atoms with van der Waals surface area (Å²) in [5, 5.41) is 8.54. The molecule has 3 rings (SSSR count). The van der Waals surface area contributed by atoms with Crippen molar-refractivity contribution in [2.24, 2.45) is 10.7 Å². The van der Waals surface area contributed by atoms with E-state index in [0.717, 1.165) is 16.4 Å². The minimum atomic E-state index is 0.324. The zero-order valence-electron chi connectivity index (χ0n) is 16.2. The molecule has 148 valence electrons. The predicted molar refractivity (Wildman–Crippen MR) is 122 cm³/mol. The lowest BCUT2D eigenvalue weighted by atomic mass is 9.96. The van der Waals surface area contributed by atoms with Crippen LogP contribution in [0.25, 0.3) is 0 Å². The fourth-order valence-electron chi connectivity index (χ4n) is 2.55. The average molecular weight is 452 g/mol. The smallest absolute Gasteiger partial charge is 0.150 e. The third kappa shape index (κ3) is 6.20. The number of hydrogen-bond donors (Lipinski definition) is 2. The van der Waals surface area contributed by atoms with Crippen LogP contribution in [0.2, 0.25) is 0 Å². The Labute approximate surface area is 178 Å². The number of nitrogens with one attached hydrogen (secondary N) is 1. The number of carbonyl (C=O) groups is 1. The summed E-state index contributed by atoms with van der Waals surface area (Å²) in [4.78, 5) is 15.3. The second kappa shape index (κ2) is 11.0. The zero-order chi connectivity index (χ0) is 21.2. The Bertz CT molecular complexity index is 1010. The number of amidine groups is 1. The summed E-state index contributed by atoms with van der Waals surface area (Å²) in [6.07, 6.45) is 0.782. The van der Waals surface area contributed by atoms with Crippen molar-refractivity contribution in [3.05, 3.63) is 99.5 Å². The summed E-state index contributed by atoms with van der Waals surface area (Å²) in [7, 11) is 3.25. The highest BCUT2D eigenvalue weighted by Crippen LogP contribution is 2.21. The highest BCUT2D eigenvalue weighted by Gasteiger charge is 2.12. The Balaban J connectivity index is 0.000000941. The Kier molecular flexibility index (Phi) is 8.45. The van der Waals surface area contributed by atoms with Crippen LogP contribution >= 0.6 is 15.9 Å². The van der Waals surface area contributed by atoms with E-state index in [1.807, 2.05) is 48.5 Å². The molecule has 0 bridgehead atoms. The molecule has 0 unspecified atom stereocenters. The zero-order valence-corrected chi connectivity index (χ0v) is 17.8. The first-order valence-corrected chi connectivity index (χ1v) is 9.53. The van der Waals surface area contributed by atoms with Crippen molar-refractivity contribution >= 4 is 39.5 Å². The van der Waals surface area contributed by atoms with Crippen LogP contribution in [0.4, 0.5) is 5.69 Å². The van der Waals surface area contributed by atoms with E-state index in [0.29, 0.717) is 33.8 Å². The second-order valence-electron chi connectivity index (χ2n) is 6.05. The van der Waals surface area contributed by atoms with Crippen LogP contribution < -0.4 is 5.73 Å². The van der Waals surface area contributed by atoms with Crippen LogP contribution in [-0.4, -0.2) is 32.1 Å². The van der Waals surface area contributed by atoms with Crippen LogP contribution in [0.3, 0.4) is 0 Å². The number of methoxy groups -OCH3 is 1. The van der Waals surface area contributed by atoms with E-state index in [1.165, 1.54) is 0 Å². The molecule has 6 heteroatoms. The molecule has 0 fully saturated rings. The molecule has 0 atom stereocenters. The molecule has 0 radical (unpaired) electrons. The van der Waals surface area contributed by atoms with Gasteiger partial charge in [-0.2, -0.15) is 0 Å². The topological polar surface area (TPSA) is 88.5 Å². The third-order valence-electron chi connectivity index (χ3n) is 3.87. The number of aldehydes is 1. The monoisotopic (exact) mass is 451 g/mol. The van der Waals surface area contributed by atoms with E-state index in [9.17, 15) is 4.79 Å². The van der Waals surface area contributed by atoms with Crippen LogP contribution in [0.15, 0.2) is 82.3 Å². The summed E-state index contributed by atoms with van der Waals surface area (Å²) in [6.45, 7) is 0. The average Bonchev–Trinajstić information content (AvgIpc) is 2.74. The van der Waals surface area contributed by atoms with E-state index in [2.05, 4.69) is 25.7 Å². The van der Waals surface area contributed by atoms with Crippen molar-refractivity contribution < 1.29 is 9.53 Å². The lowest BCUT2D eigenvalue weighted by molar-refractivity contribution is 0.112. The van der Waals surface area contributed by atoms with E-state index in [4.69, 9.17) is 11.1 Å². The molecule has 0 aliphatic carbocycles. The summed E-state index contributed by atoms with van der Waals surface area (Å²) in [5.74, 6) is 0.341. The van der Waals surface area contributed by atoms with Gasteiger partial charge in [0.1, 0.15) is 12.1 Å². The van der Waals surface area contributed by atoms with Gasteiger partial charge in [0.25, 0.3) is 0 Å². The van der Waals surface area contributed by atoms with E-state index < -0.39 is 0 Å². The molecule has 0 spiro atoms. The number of hydrogen-bond acceptors (Lipinski definition) is 4. The SMILES string of the molecule is COC.N=C(c1ccc(C=O)cc1)c1ccccc1C(N)=Nc1cccc(Br)c1. The predicted octanol–water partition coefficient (Wildman–Crippen LogP) is 4.98. The van der Waals surface area contributed by atoms with Gasteiger partial charge in [-0.1, -0.05) is 70.5 Å². The molecule has 0 aromatic heterocycles. The summed E-state index contributed by atoms with van der Waals surface area (Å²) in [5.41, 5.74) is 9.94. The van der Waals surface area contributed by atoms with Gasteiger partial charge in [-0.05, 0) is 18.2 Å². The number of nitrogens with zero attached hydrogens (tertiary/aromatic N) is 1. The molecule has 0 heterocycles. The molecule has 3 aromatic carbocycles. The molecule has 0 aliphatic rings. The summed E-state index contributed by atoms with van der Waals surface area (Å²) >= 11 is 3.42. The summed E-state index contributed by atoms with van der Waals surface area (Å²) in [6, 6.07) is 21.9. The summed E-state index contributed by atoms with van der Waals surface area (Å²) < 4.78 is 5.17. The molecular weight excluding hydrogens is 430 g/mol. The van der Waals surface area contributed by atoms with Crippen LogP contribution in [-0.2, 0) is 4.74 Å². The maximum absolute atomic E-state index is 10.8. The quantitative estimate of drug-likeness (QED) is 0.325. The van der Waals surface area contributed by atoms with Crippen molar-refractivity contribution in [2.75, 3.05) is 14.2 Å². The second-order valence-corrected chi connectivity index (χ2v) is 6.96. The standard InChI is InChI=1S/C21H16BrN3O.C2H6O/c22-16-4-3-5-17(12-16)25-21(24)19-7-2-1-6-18(19)20(23)15-10-8-14(13-26)9-11-15;1-3-2/h1-13,23H,(H2,24,25);1-2H3. The minimum Gasteiger partial charge on any atom is -0.388 e. The highest BCUT2D eigenvalue weighted by atomic mass is 79.9. The number of benzene rings is 3. The number of rotatable bonds is 5. The van der Waals surface area contributed by atoms with E-state index in [1.54, 1.807) is 38.5 Å². The molecule has 0 saturated heterocycles. The van der Waals surface area contributed by atoms with Gasteiger partial charge in [0, 0.05) is 40.9 Å². The fourth-order valence-corrected chi connectivity index (χ4v) is 2.94. The molecule has 0 aliphatic heterocycles.